The van der Waals surface area contributed by atoms with Crippen LogP contribution in [0.4, 0.5) is 11.5 Å². The van der Waals surface area contributed by atoms with Gasteiger partial charge in [-0.15, -0.1) is 0 Å². The molecular weight excluding hydrogens is 316 g/mol. The van der Waals surface area contributed by atoms with Gasteiger partial charge in [-0.1, -0.05) is 19.8 Å². The summed E-state index contributed by atoms with van der Waals surface area (Å²) in [5, 5.41) is 6.00. The van der Waals surface area contributed by atoms with Crippen molar-refractivity contribution in [2.24, 2.45) is 0 Å². The minimum Gasteiger partial charge on any atom is -0.491 e. The van der Waals surface area contributed by atoms with Gasteiger partial charge in [-0.3, -0.25) is 4.79 Å². The van der Waals surface area contributed by atoms with Crippen molar-refractivity contribution in [3.05, 3.63) is 42.4 Å². The number of nitrogens with zero attached hydrogens (tertiary/aromatic N) is 2. The van der Waals surface area contributed by atoms with Gasteiger partial charge in [0.15, 0.2) is 0 Å². The molecule has 0 aliphatic heterocycles. The van der Waals surface area contributed by atoms with E-state index in [2.05, 4.69) is 27.5 Å². The summed E-state index contributed by atoms with van der Waals surface area (Å²) in [5.41, 5.74) is 0.964. The van der Waals surface area contributed by atoms with Crippen LogP contribution in [0.5, 0.6) is 5.75 Å². The Kier molecular flexibility index (Phi) is 7.19. The number of unbranched alkanes of at least 4 members (excludes halogenated alkanes) is 2. The van der Waals surface area contributed by atoms with Gasteiger partial charge in [0, 0.05) is 12.2 Å². The molecule has 0 unspecified atom stereocenters. The van der Waals surface area contributed by atoms with Crippen LogP contribution in [-0.2, 0) is 0 Å². The van der Waals surface area contributed by atoms with Crippen molar-refractivity contribution >= 4 is 17.4 Å². The van der Waals surface area contributed by atoms with Gasteiger partial charge in [0.1, 0.15) is 17.3 Å². The minimum atomic E-state index is -0.289. The van der Waals surface area contributed by atoms with Gasteiger partial charge in [-0.2, -0.15) is 0 Å². The van der Waals surface area contributed by atoms with Crippen LogP contribution in [0.1, 0.15) is 50.5 Å². The number of anilines is 2. The topological polar surface area (TPSA) is 76.1 Å². The van der Waals surface area contributed by atoms with Crippen molar-refractivity contribution < 1.29 is 9.53 Å². The molecule has 0 saturated carbocycles. The zero-order valence-electron chi connectivity index (χ0n) is 15.1. The lowest BCUT2D eigenvalue weighted by Gasteiger charge is -2.10. The molecule has 2 N–H and O–H groups in total. The Hall–Kier alpha value is -2.63. The average molecular weight is 342 g/mol. The molecule has 6 nitrogen and oxygen atoms in total. The molecule has 1 heterocycles. The summed E-state index contributed by atoms with van der Waals surface area (Å²) >= 11 is 0. The van der Waals surface area contributed by atoms with Crippen molar-refractivity contribution in [1.29, 1.82) is 0 Å². The average Bonchev–Trinajstić information content (AvgIpc) is 2.60. The van der Waals surface area contributed by atoms with E-state index in [1.165, 1.54) is 19.0 Å². The summed E-state index contributed by atoms with van der Waals surface area (Å²) < 4.78 is 5.58. The Labute approximate surface area is 149 Å². The molecule has 0 radical (unpaired) electrons. The van der Waals surface area contributed by atoms with Gasteiger partial charge in [-0.25, -0.2) is 9.97 Å². The summed E-state index contributed by atoms with van der Waals surface area (Å²) in [5.74, 6) is 1.16. The summed E-state index contributed by atoms with van der Waals surface area (Å²) in [4.78, 5) is 20.6. The number of rotatable bonds is 9. The number of carbonyl (C=O) groups excluding carboxylic acids is 1. The fourth-order valence-electron chi connectivity index (χ4n) is 2.21. The maximum Gasteiger partial charge on any atom is 0.275 e. The molecule has 0 spiro atoms. The number of ether oxygens (including phenoxy) is 1. The first-order valence-corrected chi connectivity index (χ1v) is 8.72. The van der Waals surface area contributed by atoms with E-state index in [9.17, 15) is 4.79 Å². The highest BCUT2D eigenvalue weighted by Crippen LogP contribution is 2.17. The quantitative estimate of drug-likeness (QED) is 0.671. The molecule has 25 heavy (non-hydrogen) atoms. The molecule has 0 bridgehead atoms. The first-order chi connectivity index (χ1) is 12.1. The molecule has 0 aliphatic rings. The molecule has 1 aromatic carbocycles. The highest BCUT2D eigenvalue weighted by atomic mass is 16.5. The molecule has 0 saturated heterocycles. The van der Waals surface area contributed by atoms with Crippen LogP contribution < -0.4 is 15.4 Å². The monoisotopic (exact) mass is 342 g/mol. The fraction of sp³-hybridized carbons (Fsp3) is 0.421. The Morgan fingerprint density at radius 3 is 2.48 bits per heavy atom. The zero-order valence-corrected chi connectivity index (χ0v) is 15.1. The van der Waals surface area contributed by atoms with E-state index < -0.39 is 0 Å². The van der Waals surface area contributed by atoms with Gasteiger partial charge in [0.2, 0.25) is 0 Å². The molecule has 0 atom stereocenters. The summed E-state index contributed by atoms with van der Waals surface area (Å²) in [6, 6.07) is 7.24. The van der Waals surface area contributed by atoms with Gasteiger partial charge < -0.3 is 15.4 Å². The first-order valence-electron chi connectivity index (χ1n) is 8.72. The summed E-state index contributed by atoms with van der Waals surface area (Å²) in [6.45, 7) is 6.96. The lowest BCUT2D eigenvalue weighted by Crippen LogP contribution is -2.14. The molecule has 0 fully saturated rings. The standard InChI is InChI=1S/C19H26N4O2/c1-4-5-6-11-20-18-13-21-17(12-22-18)19(24)23-15-7-9-16(10-8-15)25-14(2)3/h7-10,12-14H,4-6,11H2,1-3H3,(H,20,22)(H,23,24). The van der Waals surface area contributed by atoms with E-state index in [1.807, 2.05) is 26.0 Å². The van der Waals surface area contributed by atoms with Crippen LogP contribution in [0, 0.1) is 0 Å². The Morgan fingerprint density at radius 2 is 1.88 bits per heavy atom. The lowest BCUT2D eigenvalue weighted by molar-refractivity contribution is 0.102. The van der Waals surface area contributed by atoms with Crippen LogP contribution in [0.15, 0.2) is 36.7 Å². The maximum atomic E-state index is 12.2. The number of hydrogen-bond acceptors (Lipinski definition) is 5. The molecule has 2 aromatic rings. The van der Waals surface area contributed by atoms with E-state index in [0.29, 0.717) is 11.5 Å². The smallest absolute Gasteiger partial charge is 0.275 e. The molecule has 1 aromatic heterocycles. The third kappa shape index (κ3) is 6.41. The molecule has 2 rings (SSSR count). The van der Waals surface area contributed by atoms with E-state index >= 15 is 0 Å². The third-order valence-electron chi connectivity index (χ3n) is 3.45. The fourth-order valence-corrected chi connectivity index (χ4v) is 2.21. The predicted octanol–water partition coefficient (Wildman–Crippen LogP) is 4.12. The van der Waals surface area contributed by atoms with E-state index in [4.69, 9.17) is 4.74 Å². The number of benzene rings is 1. The molecule has 0 aliphatic carbocycles. The second-order valence-corrected chi connectivity index (χ2v) is 6.07. The number of hydrogen-bond donors (Lipinski definition) is 2. The van der Waals surface area contributed by atoms with Gasteiger partial charge >= 0.3 is 0 Å². The lowest BCUT2D eigenvalue weighted by atomic mass is 10.2. The highest BCUT2D eigenvalue weighted by Gasteiger charge is 2.09. The maximum absolute atomic E-state index is 12.2. The van der Waals surface area contributed by atoms with Crippen LogP contribution in [0.2, 0.25) is 0 Å². The zero-order chi connectivity index (χ0) is 18.1. The number of aromatic nitrogens is 2. The van der Waals surface area contributed by atoms with E-state index in [0.717, 1.165) is 18.7 Å². The van der Waals surface area contributed by atoms with Gasteiger partial charge in [-0.05, 0) is 44.5 Å². The van der Waals surface area contributed by atoms with Crippen molar-refractivity contribution in [2.75, 3.05) is 17.2 Å². The number of carbonyl (C=O) groups is 1. The minimum absolute atomic E-state index is 0.116. The van der Waals surface area contributed by atoms with Crippen LogP contribution in [-0.4, -0.2) is 28.5 Å². The third-order valence-corrected chi connectivity index (χ3v) is 3.45. The molecule has 6 heteroatoms. The number of nitrogens with one attached hydrogen (secondary N) is 2. The van der Waals surface area contributed by atoms with Crippen molar-refractivity contribution in [3.63, 3.8) is 0 Å². The van der Waals surface area contributed by atoms with Crippen LogP contribution >= 0.6 is 0 Å². The second-order valence-electron chi connectivity index (χ2n) is 6.07. The SMILES string of the molecule is CCCCCNc1cnc(C(=O)Nc2ccc(OC(C)C)cc2)cn1. The second kappa shape index (κ2) is 9.61. The van der Waals surface area contributed by atoms with Crippen LogP contribution in [0.3, 0.4) is 0 Å². The Bertz CT molecular complexity index is 654. The van der Waals surface area contributed by atoms with Crippen LogP contribution in [0.25, 0.3) is 0 Å². The molecular formula is C19H26N4O2. The van der Waals surface area contributed by atoms with Crippen molar-refractivity contribution in [2.45, 2.75) is 46.1 Å². The van der Waals surface area contributed by atoms with Gasteiger partial charge in [0.25, 0.3) is 5.91 Å². The number of amides is 1. The summed E-state index contributed by atoms with van der Waals surface area (Å²) in [6.07, 6.45) is 6.63. The van der Waals surface area contributed by atoms with E-state index in [-0.39, 0.29) is 17.7 Å². The largest absolute Gasteiger partial charge is 0.491 e. The molecule has 134 valence electrons. The normalized spacial score (nSPS) is 10.6. The van der Waals surface area contributed by atoms with Crippen molar-refractivity contribution in [1.82, 2.24) is 9.97 Å². The summed E-state index contributed by atoms with van der Waals surface area (Å²) in [7, 11) is 0. The van der Waals surface area contributed by atoms with Crippen molar-refractivity contribution in [3.8, 4) is 5.75 Å². The predicted molar refractivity (Wildman–Crippen MR) is 100 cm³/mol. The highest BCUT2D eigenvalue weighted by molar-refractivity contribution is 6.02. The Morgan fingerprint density at radius 1 is 1.12 bits per heavy atom. The van der Waals surface area contributed by atoms with Gasteiger partial charge in [0.05, 0.1) is 18.5 Å². The first kappa shape index (κ1) is 18.7. The van der Waals surface area contributed by atoms with E-state index in [1.54, 1.807) is 18.3 Å². The molecule has 1 amide bonds. The Balaban J connectivity index is 1.87.